The summed E-state index contributed by atoms with van der Waals surface area (Å²) in [4.78, 5) is 0. The first-order valence-corrected chi connectivity index (χ1v) is 17.0. The van der Waals surface area contributed by atoms with Gasteiger partial charge in [0.1, 0.15) is 0 Å². The second-order valence-electron chi connectivity index (χ2n) is 12.5. The van der Waals surface area contributed by atoms with Gasteiger partial charge in [-0.1, -0.05) is 152 Å². The molecule has 1 aromatic heterocycles. The summed E-state index contributed by atoms with van der Waals surface area (Å²) in [6.07, 6.45) is 0. The number of rotatable bonds is 3. The molecule has 9 aromatic carbocycles. The Labute approximate surface area is 276 Å². The monoisotopic (exact) mass is 612 g/mol. The van der Waals surface area contributed by atoms with E-state index in [2.05, 4.69) is 170 Å². The zero-order valence-electron chi connectivity index (χ0n) is 25.6. The van der Waals surface area contributed by atoms with Crippen LogP contribution in [0, 0.1) is 0 Å². The van der Waals surface area contributed by atoms with Crippen molar-refractivity contribution in [2.75, 3.05) is 0 Å². The lowest BCUT2D eigenvalue weighted by atomic mass is 9.84. The highest BCUT2D eigenvalue weighted by Crippen LogP contribution is 2.45. The van der Waals surface area contributed by atoms with Gasteiger partial charge in [0, 0.05) is 20.2 Å². The van der Waals surface area contributed by atoms with Crippen molar-refractivity contribution in [1.29, 1.82) is 0 Å². The molecule has 0 atom stereocenters. The van der Waals surface area contributed by atoms with Crippen LogP contribution in [0.4, 0.5) is 0 Å². The van der Waals surface area contributed by atoms with E-state index in [1.807, 2.05) is 11.3 Å². The molecule has 218 valence electrons. The minimum absolute atomic E-state index is 1.24. The first-order valence-electron chi connectivity index (χ1n) is 16.2. The minimum atomic E-state index is 1.24. The Morgan fingerprint density at radius 2 is 0.787 bits per heavy atom. The standard InChI is InChI=1S/C46H28S/c1-2-12-33-27-44-42(26-32(33)11-1)36-25-24-34(28-43(36)47-44)29-20-22-31(23-21-29)45-38-15-5-7-17-40(38)46(41-18-8-6-16-39(41)45)37-19-9-13-30-10-3-4-14-35(30)37/h1-28H. The molecule has 0 N–H and O–H groups in total. The first-order chi connectivity index (χ1) is 23.3. The summed E-state index contributed by atoms with van der Waals surface area (Å²) in [6.45, 7) is 0. The fourth-order valence-electron chi connectivity index (χ4n) is 7.64. The molecular weight excluding hydrogens is 585 g/mol. The van der Waals surface area contributed by atoms with Crippen LogP contribution in [0.15, 0.2) is 170 Å². The lowest BCUT2D eigenvalue weighted by Crippen LogP contribution is -1.91. The number of hydrogen-bond donors (Lipinski definition) is 0. The molecule has 10 rings (SSSR count). The highest BCUT2D eigenvalue weighted by molar-refractivity contribution is 7.25. The predicted octanol–water partition coefficient (Wildman–Crippen LogP) is 13.7. The van der Waals surface area contributed by atoms with Gasteiger partial charge >= 0.3 is 0 Å². The summed E-state index contributed by atoms with van der Waals surface area (Å²) in [6, 6.07) is 62.7. The molecular formula is C46H28S. The molecule has 0 bridgehead atoms. The Hall–Kier alpha value is -5.76. The van der Waals surface area contributed by atoms with E-state index in [-0.39, 0.29) is 0 Å². The van der Waals surface area contributed by atoms with Crippen molar-refractivity contribution in [2.45, 2.75) is 0 Å². The van der Waals surface area contributed by atoms with Crippen LogP contribution in [0.1, 0.15) is 0 Å². The molecule has 0 aliphatic rings. The Bertz CT molecular complexity index is 2770. The summed E-state index contributed by atoms with van der Waals surface area (Å²) in [7, 11) is 0. The molecule has 0 aliphatic carbocycles. The van der Waals surface area contributed by atoms with Crippen LogP contribution in [0.25, 0.3) is 96.6 Å². The fraction of sp³-hybridized carbons (Fsp3) is 0. The highest BCUT2D eigenvalue weighted by Gasteiger charge is 2.18. The maximum absolute atomic E-state index is 2.36. The summed E-state index contributed by atoms with van der Waals surface area (Å²) < 4.78 is 2.68. The van der Waals surface area contributed by atoms with Gasteiger partial charge in [-0.15, -0.1) is 11.3 Å². The Morgan fingerprint density at radius 3 is 1.49 bits per heavy atom. The Balaban J connectivity index is 1.13. The van der Waals surface area contributed by atoms with Crippen LogP contribution in [0.5, 0.6) is 0 Å². The van der Waals surface area contributed by atoms with Crippen molar-refractivity contribution >= 4 is 74.6 Å². The van der Waals surface area contributed by atoms with Crippen LogP contribution in [0.2, 0.25) is 0 Å². The normalized spacial score (nSPS) is 11.8. The molecule has 1 heteroatoms. The number of thiophene rings is 1. The second-order valence-corrected chi connectivity index (χ2v) is 13.5. The predicted molar refractivity (Wildman–Crippen MR) is 206 cm³/mol. The molecule has 0 saturated heterocycles. The molecule has 0 nitrogen and oxygen atoms in total. The third-order valence-corrected chi connectivity index (χ3v) is 11.0. The SMILES string of the molecule is c1ccc2cc3c(cc2c1)sc1cc(-c2ccc(-c4c5ccccc5c(-c5cccc6ccccc56)c5ccccc45)cc2)ccc13. The molecule has 0 radical (unpaired) electrons. The first kappa shape index (κ1) is 26.5. The van der Waals surface area contributed by atoms with E-state index in [0.29, 0.717) is 0 Å². The van der Waals surface area contributed by atoms with E-state index in [1.54, 1.807) is 0 Å². The van der Waals surface area contributed by atoms with Crippen LogP contribution in [0.3, 0.4) is 0 Å². The van der Waals surface area contributed by atoms with Gasteiger partial charge in [-0.3, -0.25) is 0 Å². The molecule has 0 unspecified atom stereocenters. The average molecular weight is 613 g/mol. The molecule has 0 aliphatic heterocycles. The molecule has 1 heterocycles. The molecule has 0 spiro atoms. The van der Waals surface area contributed by atoms with Crippen molar-refractivity contribution in [3.63, 3.8) is 0 Å². The van der Waals surface area contributed by atoms with Gasteiger partial charge in [0.15, 0.2) is 0 Å². The van der Waals surface area contributed by atoms with Gasteiger partial charge in [0.25, 0.3) is 0 Å². The van der Waals surface area contributed by atoms with Crippen molar-refractivity contribution in [3.8, 4) is 33.4 Å². The van der Waals surface area contributed by atoms with Gasteiger partial charge in [-0.2, -0.15) is 0 Å². The largest absolute Gasteiger partial charge is 0.135 e. The molecule has 0 saturated carbocycles. The van der Waals surface area contributed by atoms with E-state index >= 15 is 0 Å². The number of fused-ring (bicyclic) bond motifs is 7. The van der Waals surface area contributed by atoms with Crippen molar-refractivity contribution in [1.82, 2.24) is 0 Å². The summed E-state index contributed by atoms with van der Waals surface area (Å²) in [5.74, 6) is 0. The van der Waals surface area contributed by atoms with Crippen LogP contribution < -0.4 is 0 Å². The van der Waals surface area contributed by atoms with Crippen molar-refractivity contribution < 1.29 is 0 Å². The lowest BCUT2D eigenvalue weighted by Gasteiger charge is -2.19. The second kappa shape index (κ2) is 10.4. The van der Waals surface area contributed by atoms with Crippen molar-refractivity contribution in [3.05, 3.63) is 170 Å². The quantitative estimate of drug-likeness (QED) is 0.174. The third-order valence-electron chi connectivity index (χ3n) is 9.84. The van der Waals surface area contributed by atoms with E-state index in [0.717, 1.165) is 0 Å². The van der Waals surface area contributed by atoms with Crippen LogP contribution >= 0.6 is 11.3 Å². The molecule has 47 heavy (non-hydrogen) atoms. The van der Waals surface area contributed by atoms with Gasteiger partial charge in [-0.05, 0) is 94.7 Å². The fourth-order valence-corrected chi connectivity index (χ4v) is 8.82. The van der Waals surface area contributed by atoms with Gasteiger partial charge in [-0.25, -0.2) is 0 Å². The van der Waals surface area contributed by atoms with E-state index in [9.17, 15) is 0 Å². The summed E-state index contributed by atoms with van der Waals surface area (Å²) >= 11 is 1.89. The average Bonchev–Trinajstić information content (AvgIpc) is 3.49. The van der Waals surface area contributed by atoms with Crippen LogP contribution in [-0.2, 0) is 0 Å². The van der Waals surface area contributed by atoms with Crippen molar-refractivity contribution in [2.24, 2.45) is 0 Å². The molecule has 0 amide bonds. The van der Waals surface area contributed by atoms with Gasteiger partial charge in [0.05, 0.1) is 0 Å². The summed E-state index contributed by atoms with van der Waals surface area (Å²) in [5.41, 5.74) is 7.60. The lowest BCUT2D eigenvalue weighted by molar-refractivity contribution is 1.64. The maximum Gasteiger partial charge on any atom is 0.0361 e. The van der Waals surface area contributed by atoms with Gasteiger partial charge < -0.3 is 0 Å². The van der Waals surface area contributed by atoms with Crippen LogP contribution in [-0.4, -0.2) is 0 Å². The topological polar surface area (TPSA) is 0 Å². The van der Waals surface area contributed by atoms with Gasteiger partial charge in [0.2, 0.25) is 0 Å². The Morgan fingerprint density at radius 1 is 0.277 bits per heavy atom. The number of benzene rings is 9. The maximum atomic E-state index is 2.36. The molecule has 10 aromatic rings. The Kier molecular flexibility index (Phi) is 5.85. The smallest absolute Gasteiger partial charge is 0.0361 e. The molecule has 0 fully saturated rings. The van der Waals surface area contributed by atoms with E-state index in [1.165, 1.54) is 96.6 Å². The summed E-state index contributed by atoms with van der Waals surface area (Å²) in [5, 5.41) is 12.9. The number of hydrogen-bond acceptors (Lipinski definition) is 1. The highest BCUT2D eigenvalue weighted by atomic mass is 32.1. The zero-order valence-corrected chi connectivity index (χ0v) is 26.4. The third kappa shape index (κ3) is 4.14. The van der Waals surface area contributed by atoms with E-state index in [4.69, 9.17) is 0 Å². The van der Waals surface area contributed by atoms with E-state index < -0.39 is 0 Å². The zero-order chi connectivity index (χ0) is 30.9. The minimum Gasteiger partial charge on any atom is -0.135 e.